The summed E-state index contributed by atoms with van der Waals surface area (Å²) in [5, 5.41) is 7.27. The van der Waals surface area contributed by atoms with Crippen molar-refractivity contribution in [1.82, 2.24) is 4.90 Å². The minimum atomic E-state index is -4.94. The van der Waals surface area contributed by atoms with Gasteiger partial charge in [-0.3, -0.25) is 0 Å². The molecule has 1 fully saturated rings. The van der Waals surface area contributed by atoms with Crippen molar-refractivity contribution in [2.75, 3.05) is 14.1 Å². The molecule has 5 aromatic rings. The Morgan fingerprint density at radius 2 is 1.22 bits per heavy atom. The standard InChI is InChI=1S/C26H26P2.C14H16N.ClHO4.Pd/c1-19-20(2)26-25(18-24(19)28(26)23-16-10-5-11-17-23)27(21-12-6-3-7-13-21)22-14-8-4-9-15-22;1-11(15(2)3)13-10-6-8-12-7-4-5-9-14(12)13;2-1(3,4)5;/h3-17,24-26H,18H2,1-2H3;4-9,11H,1-3H3;(H,2,3,4,5);/q;-1;;+2/p-1/t24-,25+,26-,28?;11-;;/m11../s1. The van der Waals surface area contributed by atoms with E-state index in [1.807, 2.05) is 6.07 Å². The van der Waals surface area contributed by atoms with Crippen molar-refractivity contribution in [1.29, 1.82) is 0 Å². The van der Waals surface area contributed by atoms with Gasteiger partial charge in [0, 0.05) is 17.4 Å². The van der Waals surface area contributed by atoms with E-state index in [9.17, 15) is 0 Å². The Bertz CT molecular complexity index is 1750. The summed E-state index contributed by atoms with van der Waals surface area (Å²) < 4.78 is 34.0. The third kappa shape index (κ3) is 9.74. The maximum Gasteiger partial charge on any atom is 2.00 e. The van der Waals surface area contributed by atoms with Crippen LogP contribution in [-0.2, 0) is 20.4 Å². The second-order valence-corrected chi connectivity index (χ2v) is 18.1. The van der Waals surface area contributed by atoms with Crippen LogP contribution in [0.25, 0.3) is 10.8 Å². The molecule has 0 amide bonds. The monoisotopic (exact) mass is 803 g/mol. The molecule has 49 heavy (non-hydrogen) atoms. The summed E-state index contributed by atoms with van der Waals surface area (Å²) in [5.74, 6) is 0. The van der Waals surface area contributed by atoms with Crippen LogP contribution < -0.4 is 34.5 Å². The quantitative estimate of drug-likeness (QED) is 0.111. The van der Waals surface area contributed by atoms with Crippen LogP contribution in [0.4, 0.5) is 0 Å². The normalized spacial score (nSPS) is 20.3. The number of hydrogen-bond acceptors (Lipinski definition) is 5. The van der Waals surface area contributed by atoms with E-state index in [4.69, 9.17) is 18.6 Å². The van der Waals surface area contributed by atoms with E-state index in [0.29, 0.717) is 6.04 Å². The Hall–Kier alpha value is -2.29. The van der Waals surface area contributed by atoms with Gasteiger partial charge in [-0.1, -0.05) is 128 Å². The van der Waals surface area contributed by atoms with Crippen LogP contribution in [0.2, 0.25) is 0 Å². The first-order valence-electron chi connectivity index (χ1n) is 16.0. The first-order valence-corrected chi connectivity index (χ1v) is 20.2. The average Bonchev–Trinajstić information content (AvgIpc) is 3.58. The number of rotatable bonds is 6. The van der Waals surface area contributed by atoms with Gasteiger partial charge >= 0.3 is 20.4 Å². The number of allylic oxidation sites excluding steroid dienone is 2. The molecule has 2 aliphatic heterocycles. The van der Waals surface area contributed by atoms with Crippen LogP contribution in [0.1, 0.15) is 38.8 Å². The summed E-state index contributed by atoms with van der Waals surface area (Å²) in [5.41, 5.74) is 6.90. The molecule has 0 aliphatic carbocycles. The second kappa shape index (κ2) is 17.8. The first-order chi connectivity index (χ1) is 23.0. The summed E-state index contributed by atoms with van der Waals surface area (Å²) >= 11 is 0. The van der Waals surface area contributed by atoms with Gasteiger partial charge < -0.3 is 4.90 Å². The molecule has 1 unspecified atom stereocenters. The number of fused-ring (bicyclic) bond motifs is 3. The van der Waals surface area contributed by atoms with Crippen LogP contribution in [0.5, 0.6) is 0 Å². The van der Waals surface area contributed by atoms with Crippen LogP contribution in [0.3, 0.4) is 0 Å². The molecule has 2 aliphatic rings. The van der Waals surface area contributed by atoms with Gasteiger partial charge in [0.2, 0.25) is 0 Å². The molecule has 5 atom stereocenters. The molecule has 5 aromatic carbocycles. The Morgan fingerprint density at radius 1 is 0.735 bits per heavy atom. The van der Waals surface area contributed by atoms with E-state index in [-0.39, 0.29) is 36.3 Å². The molecule has 0 radical (unpaired) electrons. The van der Waals surface area contributed by atoms with Crippen LogP contribution >= 0.6 is 15.8 Å². The topological polar surface area (TPSA) is 95.5 Å². The molecule has 0 N–H and O–H groups in total. The number of halogens is 1. The van der Waals surface area contributed by atoms with Gasteiger partial charge in [0.05, 0.1) is 0 Å². The first kappa shape index (κ1) is 39.5. The maximum absolute atomic E-state index is 8.49. The second-order valence-electron chi connectivity index (χ2n) is 12.4. The Morgan fingerprint density at radius 3 is 1.76 bits per heavy atom. The molecule has 0 aromatic heterocycles. The molecule has 0 spiro atoms. The fraction of sp³-hybridized carbons (Fsp3) is 0.250. The molecule has 9 heteroatoms. The summed E-state index contributed by atoms with van der Waals surface area (Å²) in [6.07, 6.45) is 1.35. The van der Waals surface area contributed by atoms with Gasteiger partial charge in [-0.25, -0.2) is 18.6 Å². The van der Waals surface area contributed by atoms with Gasteiger partial charge in [0.25, 0.3) is 0 Å². The molecule has 2 heterocycles. The van der Waals surface area contributed by atoms with Gasteiger partial charge in [0.1, 0.15) is 0 Å². The van der Waals surface area contributed by atoms with Crippen molar-refractivity contribution in [3.8, 4) is 0 Å². The van der Waals surface area contributed by atoms with Crippen LogP contribution in [0, 0.1) is 16.3 Å². The van der Waals surface area contributed by atoms with Crippen molar-refractivity contribution in [2.24, 2.45) is 0 Å². The number of nitrogens with zero attached hydrogens (tertiary/aromatic N) is 1. The summed E-state index contributed by atoms with van der Waals surface area (Å²) in [7, 11) is -1.24. The Labute approximate surface area is 309 Å². The fourth-order valence-electron chi connectivity index (χ4n) is 6.92. The fourth-order valence-corrected chi connectivity index (χ4v) is 14.7. The van der Waals surface area contributed by atoms with Crippen molar-refractivity contribution in [3.63, 3.8) is 0 Å². The Balaban J connectivity index is 0.000000217. The molecule has 5 nitrogen and oxygen atoms in total. The molecule has 2 bridgehead atoms. The van der Waals surface area contributed by atoms with E-state index in [1.54, 1.807) is 16.5 Å². The zero-order valence-corrected chi connectivity index (χ0v) is 32.4. The minimum Gasteiger partial charge on any atom is -0.305 e. The molecule has 7 rings (SSSR count). The predicted octanol–water partition coefficient (Wildman–Crippen LogP) is 4.29. The average molecular weight is 805 g/mol. The molecular weight excluding hydrogens is 762 g/mol. The largest absolute Gasteiger partial charge is 2.00 e. The summed E-state index contributed by atoms with van der Waals surface area (Å²) in [6.45, 7) is 7.04. The van der Waals surface area contributed by atoms with Crippen LogP contribution in [-0.4, -0.2) is 36.0 Å². The molecule has 258 valence electrons. The molecular formula is C40H42ClNO4P2Pd. The van der Waals surface area contributed by atoms with E-state index < -0.39 is 10.2 Å². The van der Waals surface area contributed by atoms with Crippen LogP contribution in [0.15, 0.2) is 139 Å². The molecule has 0 saturated carbocycles. The summed E-state index contributed by atoms with van der Waals surface area (Å²) in [6, 6.07) is 50.3. The van der Waals surface area contributed by atoms with E-state index >= 15 is 0 Å². The van der Waals surface area contributed by atoms with Gasteiger partial charge in [0.15, 0.2) is 0 Å². The maximum atomic E-state index is 8.49. The van der Waals surface area contributed by atoms with E-state index in [0.717, 1.165) is 17.0 Å². The van der Waals surface area contributed by atoms with Crippen molar-refractivity contribution < 1.29 is 49.3 Å². The number of hydrogen-bond donors (Lipinski definition) is 0. The van der Waals surface area contributed by atoms with Gasteiger partial charge in [-0.15, -0.1) is 32.6 Å². The zero-order chi connectivity index (χ0) is 34.4. The zero-order valence-electron chi connectivity index (χ0n) is 28.3. The van der Waals surface area contributed by atoms with Gasteiger partial charge in [-0.2, -0.15) is 18.2 Å². The number of benzene rings is 5. The molecule has 1 saturated heterocycles. The third-order valence-corrected chi connectivity index (χ3v) is 16.1. The minimum absolute atomic E-state index is 0. The van der Waals surface area contributed by atoms with E-state index in [2.05, 4.69) is 167 Å². The third-order valence-electron chi connectivity index (χ3n) is 9.43. The van der Waals surface area contributed by atoms with Gasteiger partial charge in [-0.05, 0) is 70.8 Å². The SMILES string of the molecule is CC1=C(C)[C@@H]2[C@@H](P(c3ccccc3)c3ccccc3)C[C@H]1P2c1ccccc1.C[C@H](c1[c-]ccc2ccccc12)N(C)C.[O-][Cl+3]([O-])([O-])[O-].[Pd+2]. The Kier molecular flexibility index (Phi) is 14.3. The predicted molar refractivity (Wildman–Crippen MR) is 191 cm³/mol. The smallest absolute Gasteiger partial charge is 0.305 e. The van der Waals surface area contributed by atoms with Crippen molar-refractivity contribution >= 4 is 42.5 Å². The van der Waals surface area contributed by atoms with Crippen molar-refractivity contribution in [3.05, 3.63) is 150 Å². The van der Waals surface area contributed by atoms with Crippen molar-refractivity contribution in [2.45, 2.75) is 50.2 Å². The summed E-state index contributed by atoms with van der Waals surface area (Å²) in [4.78, 5) is 2.21. The van der Waals surface area contributed by atoms with E-state index in [1.165, 1.54) is 33.4 Å².